The molecule has 1 N–H and O–H groups in total. The van der Waals surface area contributed by atoms with E-state index >= 15 is 0 Å². The van der Waals surface area contributed by atoms with Crippen molar-refractivity contribution in [1.82, 2.24) is 5.32 Å². The summed E-state index contributed by atoms with van der Waals surface area (Å²) in [6, 6.07) is 22.9. The third-order valence-electron chi connectivity index (χ3n) is 4.35. The highest BCUT2D eigenvalue weighted by molar-refractivity contribution is 7.19. The first-order valence-electron chi connectivity index (χ1n) is 7.61. The highest BCUT2D eigenvalue weighted by Crippen LogP contribution is 2.42. The molecule has 4 rings (SSSR count). The summed E-state index contributed by atoms with van der Waals surface area (Å²) in [5.41, 5.74) is 1.47. The second-order valence-corrected chi connectivity index (χ2v) is 7.05. The van der Waals surface area contributed by atoms with E-state index in [-0.39, 0.29) is 0 Å². The minimum absolute atomic E-state index is 0.432. The molecule has 1 aliphatic rings. The maximum atomic E-state index is 3.79. The predicted octanol–water partition coefficient (Wildman–Crippen LogP) is 5.11. The molecular formula is C19H19NS. The molecule has 1 aliphatic carbocycles. The molecule has 1 heterocycles. The molecule has 0 bridgehead atoms. The van der Waals surface area contributed by atoms with Gasteiger partial charge in [-0.05, 0) is 36.4 Å². The van der Waals surface area contributed by atoms with E-state index in [0.717, 1.165) is 0 Å². The van der Waals surface area contributed by atoms with Crippen LogP contribution >= 0.6 is 11.3 Å². The summed E-state index contributed by atoms with van der Waals surface area (Å²) in [7, 11) is 0. The smallest absolute Gasteiger partial charge is 0.0388 e. The lowest BCUT2D eigenvalue weighted by molar-refractivity contribution is 0.570. The van der Waals surface area contributed by atoms with E-state index in [1.54, 1.807) is 0 Å². The molecule has 3 atom stereocenters. The van der Waals surface area contributed by atoms with Crippen LogP contribution in [-0.2, 0) is 0 Å². The average Bonchev–Trinajstić information content (AvgIpc) is 3.14. The first-order valence-corrected chi connectivity index (χ1v) is 8.42. The van der Waals surface area contributed by atoms with E-state index < -0.39 is 0 Å². The van der Waals surface area contributed by atoms with E-state index in [1.165, 1.54) is 26.9 Å². The molecule has 0 spiro atoms. The standard InChI is InChI=1S/C19H19NS/c1-13(19-11-15-9-5-6-10-18(15)21-19)20-17-12-16(17)14-7-3-2-4-8-14/h2-11,13,16-17,20H,12H2,1H3. The van der Waals surface area contributed by atoms with Crippen LogP contribution in [0.2, 0.25) is 0 Å². The topological polar surface area (TPSA) is 12.0 Å². The van der Waals surface area contributed by atoms with Gasteiger partial charge in [-0.15, -0.1) is 11.3 Å². The quantitative estimate of drug-likeness (QED) is 0.705. The first kappa shape index (κ1) is 13.1. The summed E-state index contributed by atoms with van der Waals surface area (Å²) in [5.74, 6) is 0.697. The summed E-state index contributed by atoms with van der Waals surface area (Å²) in [6.45, 7) is 2.28. The molecule has 3 aromatic rings. The van der Waals surface area contributed by atoms with Crippen LogP contribution in [0.15, 0.2) is 60.7 Å². The van der Waals surface area contributed by atoms with Crippen LogP contribution in [0, 0.1) is 0 Å². The van der Waals surface area contributed by atoms with Crippen molar-refractivity contribution in [2.45, 2.75) is 31.3 Å². The van der Waals surface area contributed by atoms with Crippen LogP contribution in [0.1, 0.15) is 35.7 Å². The van der Waals surface area contributed by atoms with Crippen LogP contribution in [0.4, 0.5) is 0 Å². The second-order valence-electron chi connectivity index (χ2n) is 5.93. The molecule has 2 aromatic carbocycles. The summed E-state index contributed by atoms with van der Waals surface area (Å²) in [5, 5.41) is 5.15. The Kier molecular flexibility index (Phi) is 3.28. The molecule has 0 radical (unpaired) electrons. The Balaban J connectivity index is 1.46. The highest BCUT2D eigenvalue weighted by Gasteiger charge is 2.38. The number of nitrogens with one attached hydrogen (secondary N) is 1. The van der Waals surface area contributed by atoms with Crippen molar-refractivity contribution in [2.75, 3.05) is 0 Å². The molecule has 1 fully saturated rings. The summed E-state index contributed by atoms with van der Waals surface area (Å²) >= 11 is 1.91. The Hall–Kier alpha value is -1.64. The third kappa shape index (κ3) is 2.61. The predicted molar refractivity (Wildman–Crippen MR) is 91.0 cm³/mol. The Morgan fingerprint density at radius 1 is 1.05 bits per heavy atom. The molecule has 1 saturated carbocycles. The lowest BCUT2D eigenvalue weighted by Gasteiger charge is -2.11. The second kappa shape index (κ2) is 5.28. The molecule has 1 aromatic heterocycles. The van der Waals surface area contributed by atoms with Crippen LogP contribution < -0.4 is 5.32 Å². The fourth-order valence-electron chi connectivity index (χ4n) is 3.07. The van der Waals surface area contributed by atoms with Crippen molar-refractivity contribution in [3.63, 3.8) is 0 Å². The number of benzene rings is 2. The maximum Gasteiger partial charge on any atom is 0.0388 e. The fraction of sp³-hybridized carbons (Fsp3) is 0.263. The van der Waals surface area contributed by atoms with Crippen LogP contribution in [0.5, 0.6) is 0 Å². The van der Waals surface area contributed by atoms with Crippen molar-refractivity contribution in [3.8, 4) is 0 Å². The first-order chi connectivity index (χ1) is 10.3. The number of fused-ring (bicyclic) bond motifs is 1. The van der Waals surface area contributed by atoms with Gasteiger partial charge in [0.25, 0.3) is 0 Å². The van der Waals surface area contributed by atoms with Gasteiger partial charge in [-0.25, -0.2) is 0 Å². The molecule has 1 nitrogen and oxygen atoms in total. The number of hydrogen-bond donors (Lipinski definition) is 1. The van der Waals surface area contributed by atoms with Crippen molar-refractivity contribution < 1.29 is 0 Å². The summed E-state index contributed by atoms with van der Waals surface area (Å²) in [6.07, 6.45) is 1.26. The zero-order valence-electron chi connectivity index (χ0n) is 12.1. The van der Waals surface area contributed by atoms with Crippen molar-refractivity contribution in [1.29, 1.82) is 0 Å². The molecular weight excluding hydrogens is 274 g/mol. The molecule has 106 valence electrons. The third-order valence-corrected chi connectivity index (χ3v) is 5.65. The van der Waals surface area contributed by atoms with Crippen LogP contribution in [0.3, 0.4) is 0 Å². The normalized spacial score (nSPS) is 22.3. The van der Waals surface area contributed by atoms with E-state index in [0.29, 0.717) is 18.0 Å². The van der Waals surface area contributed by atoms with Crippen molar-refractivity contribution in [2.24, 2.45) is 0 Å². The van der Waals surface area contributed by atoms with Gasteiger partial charge in [-0.3, -0.25) is 0 Å². The fourth-order valence-corrected chi connectivity index (χ4v) is 4.14. The molecule has 2 heteroatoms. The monoisotopic (exact) mass is 293 g/mol. The van der Waals surface area contributed by atoms with Gasteiger partial charge in [0.1, 0.15) is 0 Å². The van der Waals surface area contributed by atoms with Gasteiger partial charge < -0.3 is 5.32 Å². The van der Waals surface area contributed by atoms with E-state index in [4.69, 9.17) is 0 Å². The minimum Gasteiger partial charge on any atom is -0.306 e. The summed E-state index contributed by atoms with van der Waals surface area (Å²) in [4.78, 5) is 1.44. The molecule has 0 amide bonds. The van der Waals surface area contributed by atoms with Gasteiger partial charge in [0.05, 0.1) is 0 Å². The Morgan fingerprint density at radius 2 is 1.81 bits per heavy atom. The van der Waals surface area contributed by atoms with Gasteiger partial charge in [0, 0.05) is 27.6 Å². The van der Waals surface area contributed by atoms with Crippen LogP contribution in [0.25, 0.3) is 10.1 Å². The largest absolute Gasteiger partial charge is 0.306 e. The SMILES string of the molecule is CC(NC1CC1c1ccccc1)c1cc2ccccc2s1. The molecule has 0 aliphatic heterocycles. The van der Waals surface area contributed by atoms with Gasteiger partial charge in [-0.1, -0.05) is 48.5 Å². The number of hydrogen-bond acceptors (Lipinski definition) is 2. The molecule has 0 saturated heterocycles. The molecule has 3 unspecified atom stereocenters. The van der Waals surface area contributed by atoms with Gasteiger partial charge >= 0.3 is 0 Å². The molecule has 21 heavy (non-hydrogen) atoms. The lowest BCUT2D eigenvalue weighted by atomic mass is 10.1. The van der Waals surface area contributed by atoms with Gasteiger partial charge in [-0.2, -0.15) is 0 Å². The van der Waals surface area contributed by atoms with E-state index in [1.807, 2.05) is 11.3 Å². The Bertz CT molecular complexity index is 713. The average molecular weight is 293 g/mol. The van der Waals surface area contributed by atoms with Crippen LogP contribution in [-0.4, -0.2) is 6.04 Å². The Labute approximate surface area is 129 Å². The number of rotatable bonds is 4. The van der Waals surface area contributed by atoms with E-state index in [2.05, 4.69) is 72.9 Å². The minimum atomic E-state index is 0.432. The van der Waals surface area contributed by atoms with Crippen molar-refractivity contribution in [3.05, 3.63) is 71.1 Å². The van der Waals surface area contributed by atoms with Gasteiger partial charge in [0.2, 0.25) is 0 Å². The lowest BCUT2D eigenvalue weighted by Crippen LogP contribution is -2.21. The zero-order valence-corrected chi connectivity index (χ0v) is 12.9. The van der Waals surface area contributed by atoms with E-state index in [9.17, 15) is 0 Å². The number of thiophene rings is 1. The zero-order chi connectivity index (χ0) is 14.2. The van der Waals surface area contributed by atoms with Crippen molar-refractivity contribution >= 4 is 21.4 Å². The maximum absolute atomic E-state index is 3.79. The van der Waals surface area contributed by atoms with Gasteiger partial charge in [0.15, 0.2) is 0 Å². The Morgan fingerprint density at radius 3 is 2.62 bits per heavy atom. The summed E-state index contributed by atoms with van der Waals surface area (Å²) < 4.78 is 1.39. The highest BCUT2D eigenvalue weighted by atomic mass is 32.1.